The average Bonchev–Trinajstić information content (AvgIpc) is 2.66. The van der Waals surface area contributed by atoms with Gasteiger partial charge >= 0.3 is 0 Å². The van der Waals surface area contributed by atoms with Gasteiger partial charge in [-0.05, 0) is 12.0 Å². The van der Waals surface area contributed by atoms with Crippen LogP contribution in [0.5, 0.6) is 0 Å². The van der Waals surface area contributed by atoms with Crippen molar-refractivity contribution >= 4 is 23.6 Å². The second-order valence-corrected chi connectivity index (χ2v) is 7.08. The van der Waals surface area contributed by atoms with Crippen molar-refractivity contribution in [3.8, 4) is 0 Å². The van der Waals surface area contributed by atoms with Crippen LogP contribution in [-0.2, 0) is 25.6 Å². The Morgan fingerprint density at radius 1 is 1.04 bits per heavy atom. The largest absolute Gasteiger partial charge is 0.369 e. The van der Waals surface area contributed by atoms with Gasteiger partial charge in [0.25, 0.3) is 0 Å². The molecule has 0 aromatic heterocycles. The standard InChI is InChI=1S/C19H29N5O4/c1-19(2,18(21)28)8-9-22-16(26)12-23-17(27)14(24-15(25)11-20)10-13-6-4-3-5-7-13/h3-7,14H,8-12,20H2,1-2H3,(H2,21,28)(H,22,26)(H,23,27)(H,24,25)/t14-/m0/s1. The number of nitrogens with one attached hydrogen (secondary N) is 3. The molecule has 1 aromatic carbocycles. The van der Waals surface area contributed by atoms with E-state index in [0.717, 1.165) is 5.56 Å². The minimum Gasteiger partial charge on any atom is -0.369 e. The molecule has 0 fully saturated rings. The van der Waals surface area contributed by atoms with E-state index in [-0.39, 0.29) is 26.1 Å². The Labute approximate surface area is 164 Å². The van der Waals surface area contributed by atoms with Gasteiger partial charge in [0.05, 0.1) is 13.1 Å². The van der Waals surface area contributed by atoms with Gasteiger partial charge in [0, 0.05) is 18.4 Å². The molecular weight excluding hydrogens is 362 g/mol. The number of hydrogen-bond acceptors (Lipinski definition) is 5. The van der Waals surface area contributed by atoms with E-state index in [4.69, 9.17) is 11.5 Å². The molecule has 7 N–H and O–H groups in total. The molecule has 0 saturated carbocycles. The number of carbonyl (C=O) groups excluding carboxylic acids is 4. The topological polar surface area (TPSA) is 156 Å². The number of nitrogens with two attached hydrogens (primary N) is 2. The van der Waals surface area contributed by atoms with Crippen molar-refractivity contribution in [2.75, 3.05) is 19.6 Å². The maximum Gasteiger partial charge on any atom is 0.243 e. The third-order valence-electron chi connectivity index (χ3n) is 4.28. The van der Waals surface area contributed by atoms with Gasteiger partial charge in [-0.3, -0.25) is 19.2 Å². The molecule has 0 bridgehead atoms. The first kappa shape index (κ1) is 23.1. The van der Waals surface area contributed by atoms with Gasteiger partial charge in [0.2, 0.25) is 23.6 Å². The summed E-state index contributed by atoms with van der Waals surface area (Å²) in [5.74, 6) is -1.81. The summed E-state index contributed by atoms with van der Waals surface area (Å²) in [5.41, 5.74) is 10.7. The third-order valence-corrected chi connectivity index (χ3v) is 4.28. The molecule has 0 aliphatic heterocycles. The van der Waals surface area contributed by atoms with E-state index in [9.17, 15) is 19.2 Å². The van der Waals surface area contributed by atoms with Crippen molar-refractivity contribution in [2.45, 2.75) is 32.7 Å². The molecule has 1 atom stereocenters. The fourth-order valence-electron chi connectivity index (χ4n) is 2.30. The maximum atomic E-state index is 12.4. The molecular formula is C19H29N5O4. The van der Waals surface area contributed by atoms with E-state index in [0.29, 0.717) is 6.42 Å². The highest BCUT2D eigenvalue weighted by molar-refractivity contribution is 5.91. The summed E-state index contributed by atoms with van der Waals surface area (Å²) in [7, 11) is 0. The van der Waals surface area contributed by atoms with Gasteiger partial charge in [-0.2, -0.15) is 0 Å². The number of primary amides is 1. The van der Waals surface area contributed by atoms with Gasteiger partial charge in [-0.1, -0.05) is 44.2 Å². The van der Waals surface area contributed by atoms with Crippen molar-refractivity contribution in [3.05, 3.63) is 35.9 Å². The predicted molar refractivity (Wildman–Crippen MR) is 105 cm³/mol. The molecule has 0 aliphatic rings. The molecule has 1 rings (SSSR count). The second kappa shape index (κ2) is 11.0. The molecule has 9 nitrogen and oxygen atoms in total. The summed E-state index contributed by atoms with van der Waals surface area (Å²) in [4.78, 5) is 47.2. The van der Waals surface area contributed by atoms with Crippen LogP contribution in [0.15, 0.2) is 30.3 Å². The Balaban J connectivity index is 2.54. The summed E-state index contributed by atoms with van der Waals surface area (Å²) in [6.45, 7) is 3.14. The first-order chi connectivity index (χ1) is 13.2. The fourth-order valence-corrected chi connectivity index (χ4v) is 2.30. The van der Waals surface area contributed by atoms with E-state index in [1.165, 1.54) is 0 Å². The number of amides is 4. The highest BCUT2D eigenvalue weighted by Gasteiger charge is 2.25. The van der Waals surface area contributed by atoms with Crippen LogP contribution in [-0.4, -0.2) is 49.3 Å². The Hall–Kier alpha value is -2.94. The van der Waals surface area contributed by atoms with Crippen molar-refractivity contribution in [3.63, 3.8) is 0 Å². The van der Waals surface area contributed by atoms with Crippen LogP contribution >= 0.6 is 0 Å². The van der Waals surface area contributed by atoms with Gasteiger partial charge in [-0.15, -0.1) is 0 Å². The first-order valence-electron chi connectivity index (χ1n) is 9.03. The Bertz CT molecular complexity index is 691. The maximum absolute atomic E-state index is 12.4. The van der Waals surface area contributed by atoms with Gasteiger partial charge < -0.3 is 27.4 Å². The van der Waals surface area contributed by atoms with E-state index in [1.807, 2.05) is 30.3 Å². The van der Waals surface area contributed by atoms with Gasteiger partial charge in [-0.25, -0.2) is 0 Å². The molecule has 4 amide bonds. The summed E-state index contributed by atoms with van der Waals surface area (Å²) >= 11 is 0. The van der Waals surface area contributed by atoms with Crippen molar-refractivity contribution in [1.29, 1.82) is 0 Å². The third kappa shape index (κ3) is 8.17. The highest BCUT2D eigenvalue weighted by Crippen LogP contribution is 2.18. The first-order valence-corrected chi connectivity index (χ1v) is 9.03. The van der Waals surface area contributed by atoms with Gasteiger partial charge in [0.15, 0.2) is 0 Å². The summed E-state index contributed by atoms with van der Waals surface area (Å²) in [6, 6.07) is 8.33. The highest BCUT2D eigenvalue weighted by atomic mass is 16.2. The smallest absolute Gasteiger partial charge is 0.243 e. The van der Waals surface area contributed by atoms with Crippen LogP contribution in [0.4, 0.5) is 0 Å². The molecule has 0 unspecified atom stereocenters. The molecule has 0 saturated heterocycles. The average molecular weight is 391 g/mol. The Morgan fingerprint density at radius 3 is 2.25 bits per heavy atom. The zero-order valence-corrected chi connectivity index (χ0v) is 16.3. The molecule has 0 heterocycles. The summed E-state index contributed by atoms with van der Waals surface area (Å²) in [6.07, 6.45) is 0.651. The number of rotatable bonds is 11. The Morgan fingerprint density at radius 2 is 1.68 bits per heavy atom. The Kier molecular flexibility index (Phi) is 9.10. The molecule has 9 heteroatoms. The van der Waals surface area contributed by atoms with E-state index in [2.05, 4.69) is 16.0 Å². The minimum atomic E-state index is -0.847. The summed E-state index contributed by atoms with van der Waals surface area (Å²) < 4.78 is 0. The molecule has 0 spiro atoms. The molecule has 154 valence electrons. The normalized spacial score (nSPS) is 12.0. The van der Waals surface area contributed by atoms with Crippen LogP contribution in [0.25, 0.3) is 0 Å². The molecule has 1 aromatic rings. The number of carbonyl (C=O) groups is 4. The second-order valence-electron chi connectivity index (χ2n) is 7.08. The van der Waals surface area contributed by atoms with Crippen molar-refractivity contribution in [2.24, 2.45) is 16.9 Å². The van der Waals surface area contributed by atoms with Crippen LogP contribution in [0.1, 0.15) is 25.8 Å². The van der Waals surface area contributed by atoms with E-state index in [1.54, 1.807) is 13.8 Å². The monoisotopic (exact) mass is 391 g/mol. The van der Waals surface area contributed by atoms with E-state index >= 15 is 0 Å². The zero-order chi connectivity index (χ0) is 21.2. The zero-order valence-electron chi connectivity index (χ0n) is 16.3. The van der Waals surface area contributed by atoms with Crippen molar-refractivity contribution < 1.29 is 19.2 Å². The fraction of sp³-hybridized carbons (Fsp3) is 0.474. The number of hydrogen-bond donors (Lipinski definition) is 5. The lowest BCUT2D eigenvalue weighted by molar-refractivity contribution is -0.130. The summed E-state index contributed by atoms with van der Waals surface area (Å²) in [5, 5.41) is 7.68. The lowest BCUT2D eigenvalue weighted by atomic mass is 9.89. The van der Waals surface area contributed by atoms with Crippen LogP contribution < -0.4 is 27.4 Å². The molecule has 0 aliphatic carbocycles. The molecule has 0 radical (unpaired) electrons. The quantitative estimate of drug-likeness (QED) is 0.320. The van der Waals surface area contributed by atoms with E-state index < -0.39 is 35.1 Å². The van der Waals surface area contributed by atoms with Crippen LogP contribution in [0, 0.1) is 5.41 Å². The SMILES string of the molecule is CC(C)(CCNC(=O)CNC(=O)[C@H](Cc1ccccc1)NC(=O)CN)C(N)=O. The van der Waals surface area contributed by atoms with Gasteiger partial charge in [0.1, 0.15) is 6.04 Å². The minimum absolute atomic E-state index is 0.241. The number of benzene rings is 1. The van der Waals surface area contributed by atoms with Crippen LogP contribution in [0.2, 0.25) is 0 Å². The molecule has 28 heavy (non-hydrogen) atoms. The predicted octanol–water partition coefficient (Wildman–Crippen LogP) is -1.19. The van der Waals surface area contributed by atoms with Crippen molar-refractivity contribution in [1.82, 2.24) is 16.0 Å². The lowest BCUT2D eigenvalue weighted by Gasteiger charge is -2.20. The lowest BCUT2D eigenvalue weighted by Crippen LogP contribution is -2.51. The van der Waals surface area contributed by atoms with Crippen LogP contribution in [0.3, 0.4) is 0 Å².